The molecule has 0 spiro atoms. The van der Waals surface area contributed by atoms with E-state index < -0.39 is 76.7 Å². The minimum absolute atomic E-state index is 0.156. The van der Waals surface area contributed by atoms with Gasteiger partial charge in [-0.25, -0.2) is 0 Å². The molecule has 6 bridgehead atoms. The lowest BCUT2D eigenvalue weighted by Gasteiger charge is -2.35. The first-order valence-corrected chi connectivity index (χ1v) is 20.1. The van der Waals surface area contributed by atoms with E-state index in [1.165, 1.54) is 0 Å². The van der Waals surface area contributed by atoms with Crippen molar-refractivity contribution >= 4 is 35.8 Å². The van der Waals surface area contributed by atoms with Crippen LogP contribution in [0.5, 0.6) is 0 Å². The van der Waals surface area contributed by atoms with E-state index >= 15 is 0 Å². The van der Waals surface area contributed by atoms with Gasteiger partial charge in [0.2, 0.25) is 0 Å². The van der Waals surface area contributed by atoms with Crippen LogP contribution in [-0.2, 0) is 38.2 Å². The molecule has 6 rings (SSSR count). The molecule has 6 saturated carbocycles. The fourth-order valence-electron chi connectivity index (χ4n) is 14.7. The van der Waals surface area contributed by atoms with Crippen LogP contribution in [0.15, 0.2) is 0 Å². The summed E-state index contributed by atoms with van der Waals surface area (Å²) in [6.45, 7) is 12.3. The lowest BCUT2D eigenvalue weighted by Crippen LogP contribution is -2.42. The van der Waals surface area contributed by atoms with E-state index in [9.17, 15) is 39.0 Å². The van der Waals surface area contributed by atoms with Gasteiger partial charge in [-0.15, -0.1) is 0 Å². The summed E-state index contributed by atoms with van der Waals surface area (Å²) in [5.74, 6) is -12.4. The average molecular weight is 713 g/mol. The van der Waals surface area contributed by atoms with E-state index in [4.69, 9.17) is 9.47 Å². The van der Waals surface area contributed by atoms with Crippen LogP contribution in [0.3, 0.4) is 0 Å². The van der Waals surface area contributed by atoms with Crippen LogP contribution in [0.2, 0.25) is 0 Å². The van der Waals surface area contributed by atoms with Gasteiger partial charge >= 0.3 is 35.8 Å². The van der Waals surface area contributed by atoms with Crippen LogP contribution in [0.25, 0.3) is 0 Å². The Morgan fingerprint density at radius 2 is 0.686 bits per heavy atom. The van der Waals surface area contributed by atoms with Crippen LogP contribution >= 0.6 is 0 Å². The average Bonchev–Trinajstić information content (AvgIpc) is 3.86. The number of carbonyl (C=O) groups is 6. The third kappa shape index (κ3) is 5.52. The van der Waals surface area contributed by atoms with Gasteiger partial charge < -0.3 is 19.7 Å². The third-order valence-corrected chi connectivity index (χ3v) is 15.9. The lowest BCUT2D eigenvalue weighted by molar-refractivity contribution is -0.179. The summed E-state index contributed by atoms with van der Waals surface area (Å²) in [7, 11) is 0. The van der Waals surface area contributed by atoms with E-state index in [0.717, 1.165) is 77.0 Å². The Hall–Kier alpha value is -2.78. The first kappa shape index (κ1) is 38.0. The highest BCUT2D eigenvalue weighted by molar-refractivity contribution is 5.96. The van der Waals surface area contributed by atoms with Crippen molar-refractivity contribution in [3.05, 3.63) is 0 Å². The van der Waals surface area contributed by atoms with Gasteiger partial charge in [0.05, 0.1) is 35.5 Å². The maximum absolute atomic E-state index is 14.2. The normalized spacial score (nSPS) is 38.9. The number of hydrogen-bond acceptors (Lipinski definition) is 8. The highest BCUT2D eigenvalue weighted by Crippen LogP contribution is 2.69. The maximum Gasteiger partial charge on any atom is 0.317 e. The van der Waals surface area contributed by atoms with Crippen molar-refractivity contribution in [2.45, 2.75) is 131 Å². The molecule has 0 saturated heterocycles. The molecular weight excluding hydrogens is 652 g/mol. The Bertz CT molecular complexity index is 1310. The first-order chi connectivity index (χ1) is 24.2. The number of aliphatic carboxylic acids is 2. The molecule has 6 aliphatic carbocycles. The Morgan fingerprint density at radius 1 is 0.451 bits per heavy atom. The molecule has 6 aliphatic rings. The van der Waals surface area contributed by atoms with E-state index in [-0.39, 0.29) is 46.3 Å². The zero-order valence-electron chi connectivity index (χ0n) is 31.5. The van der Waals surface area contributed by atoms with Crippen molar-refractivity contribution in [3.63, 3.8) is 0 Å². The zero-order valence-corrected chi connectivity index (χ0v) is 31.5. The van der Waals surface area contributed by atoms with E-state index in [1.807, 2.05) is 13.8 Å². The SMILES string of the molecule is CCCC1(CCC)C2CCC1C(C(=O)OC(=O)C1C(C(=O)OC(=O)C3C(C(=O)O)C4CCC3C4(CCC)CCC)C3CCC1C3(C)C)C2C(=O)O. The van der Waals surface area contributed by atoms with Crippen LogP contribution < -0.4 is 0 Å². The topological polar surface area (TPSA) is 161 Å². The summed E-state index contributed by atoms with van der Waals surface area (Å²) >= 11 is 0. The second-order valence-corrected chi connectivity index (χ2v) is 18.0. The number of carboxylic acids is 2. The number of rotatable bonds is 14. The van der Waals surface area contributed by atoms with Gasteiger partial charge in [-0.3, -0.25) is 28.8 Å². The number of carbonyl (C=O) groups excluding carboxylic acids is 4. The second-order valence-electron chi connectivity index (χ2n) is 18.0. The molecule has 0 aliphatic heterocycles. The minimum Gasteiger partial charge on any atom is -0.481 e. The molecule has 0 amide bonds. The fraction of sp³-hybridized carbons (Fsp3) is 0.854. The van der Waals surface area contributed by atoms with Crippen molar-refractivity contribution in [2.75, 3.05) is 0 Å². The molecule has 0 aromatic rings. The summed E-state index contributed by atoms with van der Waals surface area (Å²) in [5.41, 5.74) is -1.03. The van der Waals surface area contributed by atoms with Gasteiger partial charge in [0.25, 0.3) is 0 Å². The highest BCUT2D eigenvalue weighted by atomic mass is 16.6. The molecular formula is C41H60O10. The molecule has 0 radical (unpaired) electrons. The third-order valence-electron chi connectivity index (χ3n) is 15.9. The number of ether oxygens (including phenoxy) is 2. The first-order valence-electron chi connectivity index (χ1n) is 20.1. The highest BCUT2D eigenvalue weighted by Gasteiger charge is 2.70. The molecule has 6 fully saturated rings. The maximum atomic E-state index is 14.2. The van der Waals surface area contributed by atoms with Gasteiger partial charge in [0.1, 0.15) is 0 Å². The van der Waals surface area contributed by atoms with Crippen LogP contribution in [0, 0.1) is 87.3 Å². The van der Waals surface area contributed by atoms with Crippen molar-refractivity contribution in [2.24, 2.45) is 87.3 Å². The number of carboxylic acid groups (broad SMARTS) is 2. The molecule has 2 N–H and O–H groups in total. The molecule has 10 heteroatoms. The van der Waals surface area contributed by atoms with Crippen molar-refractivity contribution < 1.29 is 48.5 Å². The molecule has 51 heavy (non-hydrogen) atoms. The Balaban J connectivity index is 1.24. The van der Waals surface area contributed by atoms with Crippen molar-refractivity contribution in [3.8, 4) is 0 Å². The molecule has 0 aromatic heterocycles. The molecule has 12 atom stereocenters. The standard InChI is InChI=1S/C41H60O10/c1-7-17-40(18-8-2)23-13-15-25(40)31(27(23)33(42)43)37(48)50-35(46)29-21-11-12-22(39(21,5)6)30(29)36(47)51-38(49)32-26-16-14-24(28(32)34(44)45)41(26,19-9-3)20-10-4/h21-32H,7-20H2,1-6H3,(H,42,43)(H,44,45). The smallest absolute Gasteiger partial charge is 0.317 e. The summed E-state index contributed by atoms with van der Waals surface area (Å²) < 4.78 is 11.4. The van der Waals surface area contributed by atoms with Gasteiger partial charge in [0, 0.05) is 0 Å². The largest absolute Gasteiger partial charge is 0.481 e. The minimum atomic E-state index is -1.03. The number of esters is 4. The Morgan fingerprint density at radius 3 is 0.941 bits per heavy atom. The number of fused-ring (bicyclic) bond motifs is 6. The summed E-state index contributed by atoms with van der Waals surface area (Å²) in [4.78, 5) is 81.7. The van der Waals surface area contributed by atoms with Gasteiger partial charge in [0.15, 0.2) is 0 Å². The Kier molecular flexibility index (Phi) is 10.3. The van der Waals surface area contributed by atoms with Crippen LogP contribution in [0.1, 0.15) is 131 Å². The predicted octanol–water partition coefficient (Wildman–Crippen LogP) is 7.31. The zero-order chi connectivity index (χ0) is 37.2. The molecule has 284 valence electrons. The fourth-order valence-corrected chi connectivity index (χ4v) is 14.7. The van der Waals surface area contributed by atoms with Gasteiger partial charge in [-0.2, -0.15) is 0 Å². The summed E-state index contributed by atoms with van der Waals surface area (Å²) in [6.07, 6.45) is 11.0. The van der Waals surface area contributed by atoms with Crippen LogP contribution in [0.4, 0.5) is 0 Å². The van der Waals surface area contributed by atoms with Gasteiger partial charge in [-0.1, -0.05) is 67.2 Å². The van der Waals surface area contributed by atoms with Crippen molar-refractivity contribution in [1.29, 1.82) is 0 Å². The van der Waals surface area contributed by atoms with E-state index in [1.54, 1.807) is 0 Å². The Labute approximate surface area is 302 Å². The summed E-state index contributed by atoms with van der Waals surface area (Å²) in [5, 5.41) is 20.7. The molecule has 12 unspecified atom stereocenters. The molecule has 0 aromatic carbocycles. The molecule has 10 nitrogen and oxygen atoms in total. The van der Waals surface area contributed by atoms with Crippen LogP contribution in [-0.4, -0.2) is 46.0 Å². The number of hydrogen-bond donors (Lipinski definition) is 2. The summed E-state index contributed by atoms with van der Waals surface area (Å²) in [6, 6.07) is 0. The van der Waals surface area contributed by atoms with E-state index in [0.29, 0.717) is 12.8 Å². The van der Waals surface area contributed by atoms with Crippen molar-refractivity contribution in [1.82, 2.24) is 0 Å². The van der Waals surface area contributed by atoms with Gasteiger partial charge in [-0.05, 0) is 116 Å². The second kappa shape index (κ2) is 13.9. The molecule has 0 heterocycles. The predicted molar refractivity (Wildman–Crippen MR) is 185 cm³/mol. The monoisotopic (exact) mass is 712 g/mol. The van der Waals surface area contributed by atoms with E-state index in [2.05, 4.69) is 27.7 Å². The lowest BCUT2D eigenvalue weighted by atomic mass is 9.69. The quantitative estimate of drug-likeness (QED) is 0.138.